The summed E-state index contributed by atoms with van der Waals surface area (Å²) in [6, 6.07) is 6.46. The van der Waals surface area contributed by atoms with E-state index < -0.39 is 0 Å². The van der Waals surface area contributed by atoms with E-state index in [2.05, 4.69) is 11.4 Å². The van der Waals surface area contributed by atoms with Crippen LogP contribution in [0, 0.1) is 5.92 Å². The second-order valence-corrected chi connectivity index (χ2v) is 7.22. The molecule has 0 bridgehead atoms. The van der Waals surface area contributed by atoms with Gasteiger partial charge in [-0.15, -0.1) is 0 Å². The Kier molecular flexibility index (Phi) is 5.26. The second-order valence-electron chi connectivity index (χ2n) is 6.38. The van der Waals surface area contributed by atoms with E-state index in [1.165, 1.54) is 50.5 Å². The van der Waals surface area contributed by atoms with Crippen LogP contribution in [0.4, 0.5) is 0 Å². The van der Waals surface area contributed by atoms with Gasteiger partial charge < -0.3 is 5.32 Å². The maximum atomic E-state index is 6.33. The van der Waals surface area contributed by atoms with Gasteiger partial charge in [0.25, 0.3) is 0 Å². The largest absolute Gasteiger partial charge is 0.310 e. The number of hydrogen-bond acceptors (Lipinski definition) is 1. The first kappa shape index (κ1) is 15.4. The molecule has 1 aromatic rings. The van der Waals surface area contributed by atoms with E-state index in [0.717, 1.165) is 28.2 Å². The van der Waals surface area contributed by atoms with Crippen LogP contribution < -0.4 is 5.32 Å². The molecule has 114 valence electrons. The number of rotatable bonds is 5. The van der Waals surface area contributed by atoms with Crippen molar-refractivity contribution < 1.29 is 0 Å². The third-order valence-electron chi connectivity index (χ3n) is 4.60. The Morgan fingerprint density at radius 3 is 2.57 bits per heavy atom. The average molecular weight is 324 g/mol. The highest BCUT2D eigenvalue weighted by Crippen LogP contribution is 2.33. The summed E-state index contributed by atoms with van der Waals surface area (Å²) in [6.07, 6.45) is 11.7. The molecule has 2 saturated carbocycles. The molecule has 1 N–H and O–H groups in total. The molecule has 0 heterocycles. The average Bonchev–Trinajstić information content (AvgIpc) is 3.32. The maximum absolute atomic E-state index is 6.33. The highest BCUT2D eigenvalue weighted by atomic mass is 35.5. The van der Waals surface area contributed by atoms with Gasteiger partial charge in [0, 0.05) is 22.6 Å². The topological polar surface area (TPSA) is 12.0 Å². The van der Waals surface area contributed by atoms with Crippen LogP contribution in [0.1, 0.15) is 50.5 Å². The smallest absolute Gasteiger partial charge is 0.0479 e. The minimum Gasteiger partial charge on any atom is -0.310 e. The Morgan fingerprint density at radius 1 is 1.10 bits per heavy atom. The Balaban J connectivity index is 1.80. The first-order valence-corrected chi connectivity index (χ1v) is 8.87. The fraction of sp³-hybridized carbons (Fsp3) is 0.556. The highest BCUT2D eigenvalue weighted by Gasteiger charge is 2.23. The lowest BCUT2D eigenvalue weighted by molar-refractivity contribution is 0.396. The Bertz CT molecular complexity index is 514. The standard InChI is InChI=1S/C18H23Cl2N/c19-16-6-9-18(20)14(11-16)10-15(12-21-17-7-8-17)13-4-2-1-3-5-13/h6,9-11,13,17,21H,1-5,7-8,12H2/b15-10-. The van der Waals surface area contributed by atoms with E-state index in [4.69, 9.17) is 23.2 Å². The minimum absolute atomic E-state index is 0.708. The fourth-order valence-electron chi connectivity index (χ4n) is 3.16. The Morgan fingerprint density at radius 2 is 1.86 bits per heavy atom. The zero-order valence-corrected chi connectivity index (χ0v) is 13.9. The molecule has 2 fully saturated rings. The van der Waals surface area contributed by atoms with Crippen molar-refractivity contribution in [2.75, 3.05) is 6.54 Å². The van der Waals surface area contributed by atoms with Crippen molar-refractivity contribution in [3.8, 4) is 0 Å². The summed E-state index contributed by atoms with van der Waals surface area (Å²) in [5.41, 5.74) is 2.56. The normalized spacial score (nSPS) is 20.8. The molecule has 0 radical (unpaired) electrons. The van der Waals surface area contributed by atoms with Crippen LogP contribution in [0.2, 0.25) is 10.0 Å². The van der Waals surface area contributed by atoms with Crippen molar-refractivity contribution in [2.45, 2.75) is 51.0 Å². The van der Waals surface area contributed by atoms with Crippen LogP contribution in [0.3, 0.4) is 0 Å². The molecule has 0 aliphatic heterocycles. The first-order chi connectivity index (χ1) is 10.2. The number of benzene rings is 1. The molecule has 0 amide bonds. The van der Waals surface area contributed by atoms with Crippen LogP contribution >= 0.6 is 23.2 Å². The van der Waals surface area contributed by atoms with Gasteiger partial charge in [-0.2, -0.15) is 0 Å². The van der Waals surface area contributed by atoms with E-state index in [-0.39, 0.29) is 0 Å². The van der Waals surface area contributed by atoms with E-state index in [0.29, 0.717) is 5.92 Å². The lowest BCUT2D eigenvalue weighted by Crippen LogP contribution is -2.24. The Hall–Kier alpha value is -0.500. The molecule has 0 spiro atoms. The number of nitrogens with one attached hydrogen (secondary N) is 1. The van der Waals surface area contributed by atoms with E-state index in [9.17, 15) is 0 Å². The molecule has 1 aromatic carbocycles. The van der Waals surface area contributed by atoms with Gasteiger partial charge in [0.05, 0.1) is 0 Å². The monoisotopic (exact) mass is 323 g/mol. The predicted molar refractivity (Wildman–Crippen MR) is 92.0 cm³/mol. The Labute approximate surface area is 137 Å². The predicted octanol–water partition coefficient (Wildman–Crippen LogP) is 5.71. The summed E-state index contributed by atoms with van der Waals surface area (Å²) in [6.45, 7) is 0.998. The SMILES string of the molecule is Clc1ccc(Cl)c(/C=C(/CNC2CC2)C2CCCCC2)c1. The zero-order valence-electron chi connectivity index (χ0n) is 12.4. The van der Waals surface area contributed by atoms with Crippen molar-refractivity contribution in [1.29, 1.82) is 0 Å². The highest BCUT2D eigenvalue weighted by molar-refractivity contribution is 6.34. The summed E-state index contributed by atoms with van der Waals surface area (Å²) in [5.74, 6) is 0.708. The van der Waals surface area contributed by atoms with Gasteiger partial charge in [-0.25, -0.2) is 0 Å². The molecular weight excluding hydrogens is 301 g/mol. The summed E-state index contributed by atoms with van der Waals surface area (Å²) in [5, 5.41) is 5.21. The van der Waals surface area contributed by atoms with E-state index >= 15 is 0 Å². The van der Waals surface area contributed by atoms with Gasteiger partial charge in [0.1, 0.15) is 0 Å². The third kappa shape index (κ3) is 4.48. The zero-order chi connectivity index (χ0) is 14.7. The van der Waals surface area contributed by atoms with Crippen LogP contribution in [0.5, 0.6) is 0 Å². The summed E-state index contributed by atoms with van der Waals surface area (Å²) in [7, 11) is 0. The summed E-state index contributed by atoms with van der Waals surface area (Å²) in [4.78, 5) is 0. The van der Waals surface area contributed by atoms with Gasteiger partial charge in [0.15, 0.2) is 0 Å². The van der Waals surface area contributed by atoms with Crippen molar-refractivity contribution in [2.24, 2.45) is 5.92 Å². The number of halogens is 2. The molecule has 0 aromatic heterocycles. The van der Waals surface area contributed by atoms with Crippen molar-refractivity contribution in [1.82, 2.24) is 5.32 Å². The molecule has 0 saturated heterocycles. The molecular formula is C18H23Cl2N. The van der Waals surface area contributed by atoms with Crippen LogP contribution in [0.25, 0.3) is 6.08 Å². The molecule has 2 aliphatic carbocycles. The van der Waals surface area contributed by atoms with Gasteiger partial charge in [0.2, 0.25) is 0 Å². The third-order valence-corrected chi connectivity index (χ3v) is 5.18. The van der Waals surface area contributed by atoms with Crippen molar-refractivity contribution in [3.63, 3.8) is 0 Å². The van der Waals surface area contributed by atoms with E-state index in [1.54, 1.807) is 0 Å². The minimum atomic E-state index is 0.708. The quantitative estimate of drug-likeness (QED) is 0.731. The van der Waals surface area contributed by atoms with Crippen LogP contribution in [-0.2, 0) is 0 Å². The number of hydrogen-bond donors (Lipinski definition) is 1. The second kappa shape index (κ2) is 7.17. The van der Waals surface area contributed by atoms with Crippen molar-refractivity contribution in [3.05, 3.63) is 39.4 Å². The maximum Gasteiger partial charge on any atom is 0.0479 e. The molecule has 3 heteroatoms. The van der Waals surface area contributed by atoms with Gasteiger partial charge >= 0.3 is 0 Å². The van der Waals surface area contributed by atoms with Crippen molar-refractivity contribution >= 4 is 29.3 Å². The summed E-state index contributed by atoms with van der Waals surface area (Å²) >= 11 is 12.5. The molecule has 0 unspecified atom stereocenters. The van der Waals surface area contributed by atoms with Gasteiger partial charge in [-0.1, -0.05) is 54.1 Å². The summed E-state index contributed by atoms with van der Waals surface area (Å²) < 4.78 is 0. The molecule has 3 rings (SSSR count). The first-order valence-electron chi connectivity index (χ1n) is 8.11. The molecule has 0 atom stereocenters. The van der Waals surface area contributed by atoms with Gasteiger partial charge in [-0.05, 0) is 55.4 Å². The van der Waals surface area contributed by atoms with Gasteiger partial charge in [-0.3, -0.25) is 0 Å². The van der Waals surface area contributed by atoms with Crippen LogP contribution in [0.15, 0.2) is 23.8 Å². The lowest BCUT2D eigenvalue weighted by Gasteiger charge is -2.25. The fourth-order valence-corrected chi connectivity index (χ4v) is 3.51. The molecule has 1 nitrogen and oxygen atoms in total. The van der Waals surface area contributed by atoms with Crippen LogP contribution in [-0.4, -0.2) is 12.6 Å². The molecule has 2 aliphatic rings. The lowest BCUT2D eigenvalue weighted by atomic mass is 9.83. The molecule has 21 heavy (non-hydrogen) atoms. The van der Waals surface area contributed by atoms with E-state index in [1.807, 2.05) is 18.2 Å².